The van der Waals surface area contributed by atoms with E-state index in [-0.39, 0.29) is 17.8 Å². The lowest BCUT2D eigenvalue weighted by Crippen LogP contribution is -2.12. The summed E-state index contributed by atoms with van der Waals surface area (Å²) in [5.74, 6) is 0.0201. The summed E-state index contributed by atoms with van der Waals surface area (Å²) in [7, 11) is 1.45. The van der Waals surface area contributed by atoms with Crippen LogP contribution in [0.2, 0.25) is 0 Å². The highest BCUT2D eigenvalue weighted by atomic mass is 19.1. The van der Waals surface area contributed by atoms with Crippen molar-refractivity contribution in [2.24, 2.45) is 0 Å². The van der Waals surface area contributed by atoms with Gasteiger partial charge >= 0.3 is 0 Å². The van der Waals surface area contributed by atoms with Gasteiger partial charge < -0.3 is 4.74 Å². The van der Waals surface area contributed by atoms with Gasteiger partial charge in [0.2, 0.25) is 0 Å². The Morgan fingerprint density at radius 3 is 2.90 bits per heavy atom. The lowest BCUT2D eigenvalue weighted by Gasteiger charge is -2.06. The first-order chi connectivity index (χ1) is 9.65. The highest BCUT2D eigenvalue weighted by Crippen LogP contribution is 2.17. The minimum absolute atomic E-state index is 0.0310. The van der Waals surface area contributed by atoms with Crippen LogP contribution in [0.5, 0.6) is 5.75 Å². The second-order valence-electron chi connectivity index (χ2n) is 4.35. The molecule has 1 aromatic carbocycles. The fourth-order valence-electron chi connectivity index (χ4n) is 1.91. The van der Waals surface area contributed by atoms with Gasteiger partial charge in [-0.25, -0.2) is 14.1 Å². The van der Waals surface area contributed by atoms with Crippen molar-refractivity contribution in [2.75, 3.05) is 7.11 Å². The van der Waals surface area contributed by atoms with Crippen LogP contribution in [0.15, 0.2) is 24.5 Å². The maximum Gasteiger partial charge on any atom is 0.173 e. The number of methoxy groups -OCH3 is 1. The molecule has 0 N–H and O–H groups in total. The number of benzene rings is 1. The van der Waals surface area contributed by atoms with E-state index in [1.54, 1.807) is 10.7 Å². The molecule has 0 atom stereocenters. The molecular formula is C14H16FN3O2. The molecule has 0 bridgehead atoms. The van der Waals surface area contributed by atoms with Gasteiger partial charge in [0.05, 0.1) is 19.1 Å². The Hall–Kier alpha value is -2.24. The number of hydrogen-bond donors (Lipinski definition) is 0. The number of aromatic nitrogens is 3. The Bertz CT molecular complexity index is 610. The summed E-state index contributed by atoms with van der Waals surface area (Å²) in [6.45, 7) is 2.70. The normalized spacial score (nSPS) is 10.6. The zero-order chi connectivity index (χ0) is 14.5. The molecule has 0 amide bonds. The van der Waals surface area contributed by atoms with Crippen LogP contribution in [-0.4, -0.2) is 27.7 Å². The molecule has 0 radical (unpaired) electrons. The van der Waals surface area contributed by atoms with Crippen LogP contribution in [0.25, 0.3) is 0 Å². The number of aryl methyl sites for hydroxylation is 1. The van der Waals surface area contributed by atoms with E-state index in [2.05, 4.69) is 10.1 Å². The molecule has 1 aromatic heterocycles. The number of Topliss-reactive ketones (excluding diaryl/α,β-unsaturated/α-hetero) is 1. The number of halogens is 1. The number of ether oxygens (including phenoxy) is 1. The van der Waals surface area contributed by atoms with Gasteiger partial charge in [0.15, 0.2) is 5.78 Å². The second-order valence-corrected chi connectivity index (χ2v) is 4.35. The lowest BCUT2D eigenvalue weighted by atomic mass is 10.1. The van der Waals surface area contributed by atoms with E-state index in [1.807, 2.05) is 6.92 Å². The molecule has 0 aliphatic heterocycles. The molecule has 20 heavy (non-hydrogen) atoms. The standard InChI is InChI=1S/C14H16FN3O2/c1-3-6-18-14(16-9-17-18)8-13(19)11-5-4-10(20-2)7-12(11)15/h4-5,7,9H,3,6,8H2,1-2H3. The maximum absolute atomic E-state index is 13.8. The maximum atomic E-state index is 13.8. The monoisotopic (exact) mass is 277 g/mol. The molecule has 0 unspecified atom stereocenters. The van der Waals surface area contributed by atoms with Crippen molar-refractivity contribution in [3.8, 4) is 5.75 Å². The summed E-state index contributed by atoms with van der Waals surface area (Å²) in [4.78, 5) is 16.2. The second kappa shape index (κ2) is 6.27. The van der Waals surface area contributed by atoms with Crippen LogP contribution in [0.4, 0.5) is 4.39 Å². The van der Waals surface area contributed by atoms with Gasteiger partial charge in [-0.15, -0.1) is 0 Å². The first-order valence-corrected chi connectivity index (χ1v) is 6.39. The molecule has 2 aromatic rings. The zero-order valence-electron chi connectivity index (χ0n) is 11.5. The van der Waals surface area contributed by atoms with Crippen molar-refractivity contribution in [3.63, 3.8) is 0 Å². The number of hydrogen-bond acceptors (Lipinski definition) is 4. The highest BCUT2D eigenvalue weighted by molar-refractivity contribution is 5.97. The Morgan fingerprint density at radius 2 is 2.25 bits per heavy atom. The van der Waals surface area contributed by atoms with E-state index in [9.17, 15) is 9.18 Å². The first kappa shape index (κ1) is 14.2. The third-order valence-electron chi connectivity index (χ3n) is 2.93. The Balaban J connectivity index is 2.17. The average Bonchev–Trinajstić information content (AvgIpc) is 2.86. The molecule has 0 saturated heterocycles. The molecule has 1 heterocycles. The molecule has 0 fully saturated rings. The molecular weight excluding hydrogens is 261 g/mol. The van der Waals surface area contributed by atoms with E-state index < -0.39 is 5.82 Å². The smallest absolute Gasteiger partial charge is 0.173 e. The summed E-state index contributed by atoms with van der Waals surface area (Å²) in [6.07, 6.45) is 2.33. The van der Waals surface area contributed by atoms with Crippen molar-refractivity contribution >= 4 is 5.78 Å². The Kier molecular flexibility index (Phi) is 4.45. The zero-order valence-corrected chi connectivity index (χ0v) is 11.5. The summed E-state index contributed by atoms with van der Waals surface area (Å²) in [5.41, 5.74) is 0.0387. The van der Waals surface area contributed by atoms with Crippen LogP contribution >= 0.6 is 0 Å². The summed E-state index contributed by atoms with van der Waals surface area (Å²) < 4.78 is 20.4. The van der Waals surface area contributed by atoms with Crippen LogP contribution in [0.3, 0.4) is 0 Å². The van der Waals surface area contributed by atoms with Crippen molar-refractivity contribution in [2.45, 2.75) is 26.3 Å². The van der Waals surface area contributed by atoms with E-state index in [0.29, 0.717) is 18.1 Å². The lowest BCUT2D eigenvalue weighted by molar-refractivity contribution is 0.0985. The van der Waals surface area contributed by atoms with Crippen molar-refractivity contribution in [1.82, 2.24) is 14.8 Å². The van der Waals surface area contributed by atoms with Gasteiger partial charge in [0.1, 0.15) is 23.7 Å². The van der Waals surface area contributed by atoms with Gasteiger partial charge in [0.25, 0.3) is 0 Å². The molecule has 0 aliphatic rings. The van der Waals surface area contributed by atoms with Crippen molar-refractivity contribution in [3.05, 3.63) is 41.7 Å². The summed E-state index contributed by atoms with van der Waals surface area (Å²) >= 11 is 0. The van der Waals surface area contributed by atoms with E-state index in [0.717, 1.165) is 6.42 Å². The van der Waals surface area contributed by atoms with Crippen LogP contribution in [-0.2, 0) is 13.0 Å². The minimum atomic E-state index is -0.587. The quantitative estimate of drug-likeness (QED) is 0.760. The number of carbonyl (C=O) groups is 1. The van der Waals surface area contributed by atoms with E-state index >= 15 is 0 Å². The highest BCUT2D eigenvalue weighted by Gasteiger charge is 2.16. The predicted octanol–water partition coefficient (Wildman–Crippen LogP) is 2.26. The van der Waals surface area contributed by atoms with Crippen LogP contribution in [0, 0.1) is 5.82 Å². The summed E-state index contributed by atoms with van der Waals surface area (Å²) in [6, 6.07) is 4.19. The predicted molar refractivity (Wildman–Crippen MR) is 71.3 cm³/mol. The largest absolute Gasteiger partial charge is 0.497 e. The molecule has 0 saturated carbocycles. The van der Waals surface area contributed by atoms with Gasteiger partial charge in [-0.3, -0.25) is 4.79 Å². The molecule has 0 aliphatic carbocycles. The fraction of sp³-hybridized carbons (Fsp3) is 0.357. The minimum Gasteiger partial charge on any atom is -0.497 e. The molecule has 0 spiro atoms. The van der Waals surface area contributed by atoms with Gasteiger partial charge in [0, 0.05) is 12.6 Å². The molecule has 2 rings (SSSR count). The molecule has 106 valence electrons. The Morgan fingerprint density at radius 1 is 1.45 bits per heavy atom. The molecule has 6 heteroatoms. The van der Waals surface area contributed by atoms with Crippen molar-refractivity contribution in [1.29, 1.82) is 0 Å². The third-order valence-corrected chi connectivity index (χ3v) is 2.93. The number of nitrogens with zero attached hydrogens (tertiary/aromatic N) is 3. The van der Waals surface area contributed by atoms with E-state index in [1.165, 1.54) is 25.6 Å². The fourth-order valence-corrected chi connectivity index (χ4v) is 1.91. The van der Waals surface area contributed by atoms with Crippen molar-refractivity contribution < 1.29 is 13.9 Å². The summed E-state index contributed by atoms with van der Waals surface area (Å²) in [5, 5.41) is 4.04. The Labute approximate surface area is 116 Å². The number of carbonyl (C=O) groups excluding carboxylic acids is 1. The van der Waals surface area contributed by atoms with Crippen LogP contribution in [0.1, 0.15) is 29.5 Å². The molecule has 5 nitrogen and oxygen atoms in total. The van der Waals surface area contributed by atoms with E-state index in [4.69, 9.17) is 4.74 Å². The van der Waals surface area contributed by atoms with Gasteiger partial charge in [-0.2, -0.15) is 5.10 Å². The van der Waals surface area contributed by atoms with Crippen LogP contribution < -0.4 is 4.74 Å². The SMILES string of the molecule is CCCn1ncnc1CC(=O)c1ccc(OC)cc1F. The average molecular weight is 277 g/mol. The first-order valence-electron chi connectivity index (χ1n) is 6.39. The third kappa shape index (κ3) is 3.01. The topological polar surface area (TPSA) is 57.0 Å². The van der Waals surface area contributed by atoms with Gasteiger partial charge in [-0.05, 0) is 18.6 Å². The number of rotatable bonds is 6. The van der Waals surface area contributed by atoms with Gasteiger partial charge in [-0.1, -0.05) is 6.92 Å². The number of ketones is 1.